The number of hydrogen-bond acceptors (Lipinski definition) is 4. The van der Waals surface area contributed by atoms with E-state index in [2.05, 4.69) is 32.5 Å². The Bertz CT molecular complexity index is 531. The van der Waals surface area contributed by atoms with Crippen LogP contribution >= 0.6 is 11.3 Å². The van der Waals surface area contributed by atoms with Gasteiger partial charge in [0.2, 0.25) is 0 Å². The Kier molecular flexibility index (Phi) is 5.54. The lowest BCUT2D eigenvalue weighted by Crippen LogP contribution is -2.52. The molecule has 0 saturated carbocycles. The fourth-order valence-electron chi connectivity index (χ4n) is 3.72. The number of ether oxygens (including phenoxy) is 1. The van der Waals surface area contributed by atoms with Gasteiger partial charge in [0, 0.05) is 37.5 Å². The predicted octanol–water partition coefficient (Wildman–Crippen LogP) is 2.67. The van der Waals surface area contributed by atoms with Crippen molar-refractivity contribution in [2.24, 2.45) is 10.4 Å². The van der Waals surface area contributed by atoms with E-state index in [4.69, 9.17) is 4.74 Å². The fraction of sp³-hybridized carbons (Fsp3) is 0.765. The molecule has 3 rings (SSSR count). The van der Waals surface area contributed by atoms with Gasteiger partial charge in [-0.15, -0.1) is 11.3 Å². The maximum Gasteiger partial charge on any atom is 0.193 e. The Balaban J connectivity index is 1.59. The van der Waals surface area contributed by atoms with Gasteiger partial charge in [0.25, 0.3) is 0 Å². The second-order valence-electron chi connectivity index (χ2n) is 6.67. The van der Waals surface area contributed by atoms with Gasteiger partial charge in [0.05, 0.1) is 23.9 Å². The lowest BCUT2D eigenvalue weighted by molar-refractivity contribution is -0.0370. The number of aliphatic imine (C=N–C) groups is 1. The Hall–Kier alpha value is -1.14. The number of rotatable bonds is 3. The van der Waals surface area contributed by atoms with Gasteiger partial charge in [0.15, 0.2) is 5.96 Å². The Labute approximate surface area is 143 Å². The summed E-state index contributed by atoms with van der Waals surface area (Å²) < 4.78 is 5.77. The third-order valence-corrected chi connectivity index (χ3v) is 5.95. The van der Waals surface area contributed by atoms with Crippen LogP contribution in [0.1, 0.15) is 43.3 Å². The third kappa shape index (κ3) is 4.04. The molecule has 2 aliphatic rings. The van der Waals surface area contributed by atoms with Crippen LogP contribution in [-0.2, 0) is 17.7 Å². The van der Waals surface area contributed by atoms with Crippen LogP contribution in [0.25, 0.3) is 0 Å². The number of nitrogens with one attached hydrogen (secondary N) is 1. The molecule has 1 spiro atoms. The molecule has 1 unspecified atom stereocenters. The van der Waals surface area contributed by atoms with Gasteiger partial charge in [-0.2, -0.15) is 0 Å². The van der Waals surface area contributed by atoms with E-state index in [0.29, 0.717) is 5.41 Å². The molecule has 0 amide bonds. The zero-order chi connectivity index (χ0) is 16.1. The number of likely N-dealkylation sites (tertiary alicyclic amines) is 1. The Morgan fingerprint density at radius 3 is 3.04 bits per heavy atom. The molecule has 1 aromatic rings. The first-order valence-corrected chi connectivity index (χ1v) is 9.59. The second-order valence-corrected chi connectivity index (χ2v) is 7.61. The number of hydrogen-bond donors (Lipinski definition) is 1. The van der Waals surface area contributed by atoms with Crippen LogP contribution in [0, 0.1) is 5.41 Å². The molecular weight excluding hydrogens is 308 g/mol. The number of piperidine rings is 1. The van der Waals surface area contributed by atoms with Gasteiger partial charge in [-0.1, -0.05) is 6.92 Å². The first-order chi connectivity index (χ1) is 11.2. The molecule has 1 atom stereocenters. The summed E-state index contributed by atoms with van der Waals surface area (Å²) >= 11 is 1.74. The topological polar surface area (TPSA) is 49.8 Å². The second kappa shape index (κ2) is 7.62. The van der Waals surface area contributed by atoms with E-state index in [1.165, 1.54) is 30.7 Å². The molecule has 5 nitrogen and oxygen atoms in total. The van der Waals surface area contributed by atoms with Gasteiger partial charge < -0.3 is 15.0 Å². The van der Waals surface area contributed by atoms with Gasteiger partial charge in [-0.05, 0) is 32.1 Å². The van der Waals surface area contributed by atoms with Crippen LogP contribution in [0.15, 0.2) is 10.4 Å². The summed E-state index contributed by atoms with van der Waals surface area (Å²) in [5.41, 5.74) is 1.45. The molecule has 0 radical (unpaired) electrons. The summed E-state index contributed by atoms with van der Waals surface area (Å²) in [5.74, 6) is 1.00. The van der Waals surface area contributed by atoms with Crippen LogP contribution in [0.3, 0.4) is 0 Å². The van der Waals surface area contributed by atoms with E-state index in [1.807, 2.05) is 7.05 Å². The molecule has 128 valence electrons. The molecule has 2 saturated heterocycles. The molecule has 0 aromatic carbocycles. The summed E-state index contributed by atoms with van der Waals surface area (Å²) in [4.78, 5) is 11.5. The van der Waals surface area contributed by atoms with E-state index < -0.39 is 0 Å². The van der Waals surface area contributed by atoms with Crippen molar-refractivity contribution in [2.45, 2.75) is 45.6 Å². The lowest BCUT2D eigenvalue weighted by atomic mass is 9.76. The Morgan fingerprint density at radius 1 is 1.48 bits per heavy atom. The number of guanidine groups is 1. The smallest absolute Gasteiger partial charge is 0.193 e. The molecule has 1 aromatic heterocycles. The number of aromatic nitrogens is 1. The zero-order valence-corrected chi connectivity index (χ0v) is 15.1. The molecular formula is C17H28N4OS. The minimum atomic E-state index is 0.337. The highest BCUT2D eigenvalue weighted by Crippen LogP contribution is 2.37. The van der Waals surface area contributed by atoms with E-state index in [0.717, 1.165) is 50.9 Å². The zero-order valence-electron chi connectivity index (χ0n) is 14.3. The van der Waals surface area contributed by atoms with Crippen molar-refractivity contribution in [3.05, 3.63) is 16.1 Å². The number of aryl methyl sites for hydroxylation is 1. The lowest BCUT2D eigenvalue weighted by Gasteiger charge is -2.45. The van der Waals surface area contributed by atoms with Gasteiger partial charge in [-0.25, -0.2) is 4.98 Å². The minimum absolute atomic E-state index is 0.337. The number of thiazole rings is 1. The van der Waals surface area contributed by atoms with Crippen LogP contribution in [-0.4, -0.2) is 49.2 Å². The molecule has 2 fully saturated rings. The predicted molar refractivity (Wildman–Crippen MR) is 95.0 cm³/mol. The summed E-state index contributed by atoms with van der Waals surface area (Å²) in [7, 11) is 1.87. The summed E-state index contributed by atoms with van der Waals surface area (Å²) in [6.45, 7) is 6.88. The van der Waals surface area contributed by atoms with Crippen molar-refractivity contribution >= 4 is 17.3 Å². The van der Waals surface area contributed by atoms with E-state index in [9.17, 15) is 0 Å². The van der Waals surface area contributed by atoms with E-state index in [1.54, 1.807) is 11.3 Å². The first kappa shape index (κ1) is 16.7. The molecule has 2 aliphatic heterocycles. The largest absolute Gasteiger partial charge is 0.381 e. The summed E-state index contributed by atoms with van der Waals surface area (Å²) in [5, 5.41) is 6.84. The monoisotopic (exact) mass is 336 g/mol. The highest BCUT2D eigenvalue weighted by molar-refractivity contribution is 7.09. The van der Waals surface area contributed by atoms with Crippen molar-refractivity contribution in [2.75, 3.05) is 33.4 Å². The number of nitrogens with zero attached hydrogens (tertiary/aromatic N) is 3. The average molecular weight is 337 g/mol. The highest BCUT2D eigenvalue weighted by atomic mass is 32.1. The maximum absolute atomic E-state index is 5.77. The standard InChI is InChI=1S/C17H28N4OS/c1-3-15-20-14(11-23-15)10-19-16(18-2)21-8-4-6-17(12-21)7-5-9-22-13-17/h11H,3-10,12-13H2,1-2H3,(H,18,19). The Morgan fingerprint density at radius 2 is 2.35 bits per heavy atom. The molecule has 6 heteroatoms. The SMILES string of the molecule is CCc1nc(CNC(=NC)N2CCCC3(CCCOC3)C2)cs1. The van der Waals surface area contributed by atoms with Crippen LogP contribution in [0.4, 0.5) is 0 Å². The normalized spacial score (nSPS) is 25.8. The molecule has 1 N–H and O–H groups in total. The van der Waals surface area contributed by atoms with Gasteiger partial charge >= 0.3 is 0 Å². The van der Waals surface area contributed by atoms with Crippen LogP contribution in [0.5, 0.6) is 0 Å². The van der Waals surface area contributed by atoms with Crippen molar-refractivity contribution in [1.82, 2.24) is 15.2 Å². The van der Waals surface area contributed by atoms with Crippen LogP contribution < -0.4 is 5.32 Å². The van der Waals surface area contributed by atoms with Crippen LogP contribution in [0.2, 0.25) is 0 Å². The van der Waals surface area contributed by atoms with Gasteiger partial charge in [-0.3, -0.25) is 4.99 Å². The van der Waals surface area contributed by atoms with Crippen molar-refractivity contribution in [1.29, 1.82) is 0 Å². The summed E-state index contributed by atoms with van der Waals surface area (Å²) in [6, 6.07) is 0. The third-order valence-electron chi connectivity index (χ3n) is 4.91. The molecule has 3 heterocycles. The minimum Gasteiger partial charge on any atom is -0.381 e. The average Bonchev–Trinajstić information content (AvgIpc) is 3.04. The fourth-order valence-corrected chi connectivity index (χ4v) is 4.46. The maximum atomic E-state index is 5.77. The molecule has 23 heavy (non-hydrogen) atoms. The van der Waals surface area contributed by atoms with Crippen molar-refractivity contribution in [3.63, 3.8) is 0 Å². The first-order valence-electron chi connectivity index (χ1n) is 8.71. The quantitative estimate of drug-likeness (QED) is 0.681. The van der Waals surface area contributed by atoms with E-state index in [-0.39, 0.29) is 0 Å². The van der Waals surface area contributed by atoms with E-state index >= 15 is 0 Å². The molecule has 0 aliphatic carbocycles. The van der Waals surface area contributed by atoms with Gasteiger partial charge in [0.1, 0.15) is 0 Å². The highest BCUT2D eigenvalue weighted by Gasteiger charge is 2.38. The van der Waals surface area contributed by atoms with Crippen molar-refractivity contribution in [3.8, 4) is 0 Å². The van der Waals surface area contributed by atoms with Crippen molar-refractivity contribution < 1.29 is 4.74 Å². The summed E-state index contributed by atoms with van der Waals surface area (Å²) in [6.07, 6.45) is 5.99. The molecule has 0 bridgehead atoms.